The smallest absolute Gasteiger partial charge is 0.219 e. The van der Waals surface area contributed by atoms with Crippen LogP contribution in [0, 0.1) is 23.5 Å². The first-order valence-electron chi connectivity index (χ1n) is 18.3. The Morgan fingerprint density at radius 3 is 1.61 bits per heavy atom. The third-order valence-electron chi connectivity index (χ3n) is 9.79. The number of quaternary nitrogens is 1. The van der Waals surface area contributed by atoms with E-state index in [9.17, 15) is 8.78 Å². The topological polar surface area (TPSA) is 4.44 Å². The molecule has 1 rings (SSSR count). The quantitative estimate of drug-likeness (QED) is 0.116. The molecule has 1 nitrogen and oxygen atoms in total. The number of benzene rings is 1. The maximum Gasteiger partial charge on any atom is 0.219 e. The Morgan fingerprint density at radius 2 is 1.17 bits per heavy atom. The van der Waals surface area contributed by atoms with Gasteiger partial charge in [0.1, 0.15) is 0 Å². The van der Waals surface area contributed by atoms with Gasteiger partial charge in [-0.1, -0.05) is 145 Å². The summed E-state index contributed by atoms with van der Waals surface area (Å²) in [6.45, 7) is 20.0. The van der Waals surface area contributed by atoms with Crippen molar-refractivity contribution in [2.75, 3.05) is 13.1 Å². The molecule has 0 aromatic heterocycles. The van der Waals surface area contributed by atoms with Gasteiger partial charge in [0.05, 0.1) is 13.1 Å². The molecule has 0 bridgehead atoms. The maximum atomic E-state index is 14.3. The van der Waals surface area contributed by atoms with Crippen LogP contribution in [0.5, 0.6) is 0 Å². The van der Waals surface area contributed by atoms with Gasteiger partial charge in [-0.2, -0.15) is 29.7 Å². The monoisotopic (exact) mass is 580 g/mol. The number of hydrogen-bond donors (Lipinski definition) is 1. The molecule has 0 spiro atoms. The van der Waals surface area contributed by atoms with Gasteiger partial charge in [0.25, 0.3) is 0 Å². The molecule has 3 unspecified atom stereocenters. The Kier molecular flexibility index (Phi) is 25.0. The van der Waals surface area contributed by atoms with E-state index in [1.165, 1.54) is 83.1 Å². The maximum absolute atomic E-state index is 14.3. The lowest BCUT2D eigenvalue weighted by molar-refractivity contribution is -0.838. The van der Waals surface area contributed by atoms with Crippen LogP contribution in [0.1, 0.15) is 152 Å². The summed E-state index contributed by atoms with van der Waals surface area (Å²) in [6.07, 6.45) is 25.9. The highest BCUT2D eigenvalue weighted by Gasteiger charge is 2.24. The van der Waals surface area contributed by atoms with E-state index in [2.05, 4.69) is 55.4 Å². The standard InChI is InChI=1S/C21H35F2N.C16H36B/c1-5-8-11-18(7-3)14-15-24(16-17(4)10-6-2)20-13-9-12-19(22)21(20)23;1-5-9-13-17(14-10-6-2,15-11-7-3)16-12-8-4/h9,12-13,17-18H,5-8,10-11,14-16H2,1-4H3;5-16H2,1-4H3/q;-1/p+1. The highest BCUT2D eigenvalue weighted by molar-refractivity contribution is 6.79. The summed E-state index contributed by atoms with van der Waals surface area (Å²) in [7, 11) is 0. The van der Waals surface area contributed by atoms with E-state index in [4.69, 9.17) is 0 Å². The highest BCUT2D eigenvalue weighted by Crippen LogP contribution is 2.33. The molecule has 242 valence electrons. The van der Waals surface area contributed by atoms with Crippen molar-refractivity contribution in [1.82, 2.24) is 0 Å². The van der Waals surface area contributed by atoms with Gasteiger partial charge in [0.2, 0.25) is 5.82 Å². The molecule has 1 aromatic rings. The van der Waals surface area contributed by atoms with Crippen molar-refractivity contribution in [3.63, 3.8) is 0 Å². The van der Waals surface area contributed by atoms with Gasteiger partial charge in [0, 0.05) is 18.1 Å². The second-order valence-electron chi connectivity index (χ2n) is 13.6. The number of rotatable bonds is 24. The van der Waals surface area contributed by atoms with Crippen LogP contribution in [0.3, 0.4) is 0 Å². The van der Waals surface area contributed by atoms with E-state index >= 15 is 0 Å². The van der Waals surface area contributed by atoms with E-state index in [1.54, 1.807) is 37.4 Å². The summed E-state index contributed by atoms with van der Waals surface area (Å²) < 4.78 is 28.0. The molecule has 0 heterocycles. The molecule has 0 radical (unpaired) electrons. The van der Waals surface area contributed by atoms with Crippen LogP contribution in [-0.2, 0) is 0 Å². The van der Waals surface area contributed by atoms with Crippen LogP contribution in [-0.4, -0.2) is 19.2 Å². The summed E-state index contributed by atoms with van der Waals surface area (Å²) in [6, 6.07) is 4.59. The molecule has 41 heavy (non-hydrogen) atoms. The largest absolute Gasteiger partial charge is 0.300 e. The molecule has 0 saturated heterocycles. The van der Waals surface area contributed by atoms with Crippen LogP contribution < -0.4 is 4.90 Å². The number of unbranched alkanes of at least 4 members (excludes halogenated alkanes) is 5. The first-order valence-corrected chi connectivity index (χ1v) is 18.3. The first kappa shape index (κ1) is 40.1. The minimum Gasteiger partial charge on any atom is -0.300 e. The third-order valence-corrected chi connectivity index (χ3v) is 9.79. The molecule has 4 heteroatoms. The zero-order valence-electron chi connectivity index (χ0n) is 29.1. The summed E-state index contributed by atoms with van der Waals surface area (Å²) >= 11 is 0. The van der Waals surface area contributed by atoms with Crippen LogP contribution in [0.2, 0.25) is 25.3 Å². The van der Waals surface area contributed by atoms with E-state index in [0.29, 0.717) is 17.5 Å². The van der Waals surface area contributed by atoms with E-state index < -0.39 is 11.6 Å². The average molecular weight is 580 g/mol. The van der Waals surface area contributed by atoms with Crippen molar-refractivity contribution in [3.05, 3.63) is 29.8 Å². The zero-order valence-corrected chi connectivity index (χ0v) is 29.1. The molecule has 0 amide bonds. The summed E-state index contributed by atoms with van der Waals surface area (Å²) in [5, 5.41) is 0. The van der Waals surface area contributed by atoms with Crippen molar-refractivity contribution in [3.8, 4) is 0 Å². The molecule has 1 N–H and O–H groups in total. The van der Waals surface area contributed by atoms with Gasteiger partial charge in [-0.05, 0) is 24.8 Å². The second-order valence-corrected chi connectivity index (χ2v) is 13.6. The Balaban J connectivity index is 0.000000831. The van der Waals surface area contributed by atoms with Crippen LogP contribution in [0.4, 0.5) is 14.5 Å². The average Bonchev–Trinajstić information content (AvgIpc) is 2.97. The first-order chi connectivity index (χ1) is 19.8. The molecule has 0 aliphatic heterocycles. The summed E-state index contributed by atoms with van der Waals surface area (Å²) in [4.78, 5) is 1.10. The molecule has 0 aliphatic rings. The molecule has 0 saturated carbocycles. The Labute approximate surface area is 256 Å². The number of nitrogens with one attached hydrogen (secondary N) is 1. The Hall–Kier alpha value is -0.895. The molecule has 3 atom stereocenters. The SMILES string of the molecule is CCCCC(CC)CC[NH+](CC(C)CCC)c1cccc(F)c1F.CCCC[B-](CCCC)(CCCC)CCCC. The Bertz CT molecular complexity index is 687. The highest BCUT2D eigenvalue weighted by atomic mass is 19.2. The Morgan fingerprint density at radius 1 is 0.659 bits per heavy atom. The van der Waals surface area contributed by atoms with Gasteiger partial charge in [-0.3, -0.25) is 4.90 Å². The van der Waals surface area contributed by atoms with Gasteiger partial charge in [-0.25, -0.2) is 4.39 Å². The number of hydrogen-bond acceptors (Lipinski definition) is 0. The predicted molar refractivity (Wildman–Crippen MR) is 183 cm³/mol. The predicted octanol–water partition coefficient (Wildman–Crippen LogP) is 12.2. The lowest BCUT2D eigenvalue weighted by Gasteiger charge is -2.40. The van der Waals surface area contributed by atoms with Gasteiger partial charge < -0.3 is 0 Å². The van der Waals surface area contributed by atoms with Crippen molar-refractivity contribution >= 4 is 11.8 Å². The molecule has 0 fully saturated rings. The van der Waals surface area contributed by atoms with E-state index in [0.717, 1.165) is 37.3 Å². The number of halogens is 2. The molecular formula is C37H72BF2N. The third kappa shape index (κ3) is 17.7. The molecule has 1 aromatic carbocycles. The van der Waals surface area contributed by atoms with Crippen molar-refractivity contribution in [2.24, 2.45) is 11.8 Å². The normalized spacial score (nSPS) is 13.9. The summed E-state index contributed by atoms with van der Waals surface area (Å²) in [5.74, 6) is -0.189. The van der Waals surface area contributed by atoms with Gasteiger partial charge in [-0.15, -0.1) is 0 Å². The zero-order chi connectivity index (χ0) is 30.9. The van der Waals surface area contributed by atoms with Crippen molar-refractivity contribution in [1.29, 1.82) is 0 Å². The lowest BCUT2D eigenvalue weighted by atomic mass is 9.17. The van der Waals surface area contributed by atoms with Crippen LogP contribution in [0.25, 0.3) is 0 Å². The van der Waals surface area contributed by atoms with Crippen LogP contribution >= 0.6 is 0 Å². The van der Waals surface area contributed by atoms with Gasteiger partial charge in [0.15, 0.2) is 11.5 Å². The lowest BCUT2D eigenvalue weighted by Crippen LogP contribution is -3.08. The van der Waals surface area contributed by atoms with E-state index in [-0.39, 0.29) is 6.15 Å². The molecule has 0 aliphatic carbocycles. The van der Waals surface area contributed by atoms with Crippen molar-refractivity contribution < 1.29 is 13.7 Å². The van der Waals surface area contributed by atoms with Crippen molar-refractivity contribution in [2.45, 2.75) is 177 Å². The van der Waals surface area contributed by atoms with E-state index in [1.807, 2.05) is 0 Å². The fourth-order valence-electron chi connectivity index (χ4n) is 6.98. The minimum atomic E-state index is -0.730. The molecular weight excluding hydrogens is 507 g/mol. The fraction of sp³-hybridized carbons (Fsp3) is 0.838. The summed E-state index contributed by atoms with van der Waals surface area (Å²) in [5.41, 5.74) is 0.503. The van der Waals surface area contributed by atoms with Gasteiger partial charge >= 0.3 is 0 Å². The minimum absolute atomic E-state index is 0.00722. The second kappa shape index (κ2) is 25.6. The fourth-order valence-corrected chi connectivity index (χ4v) is 6.98. The van der Waals surface area contributed by atoms with Crippen LogP contribution in [0.15, 0.2) is 18.2 Å².